The molecular weight excluding hydrogens is 330 g/mol. The first-order chi connectivity index (χ1) is 12.5. The molecule has 142 valence electrons. The van der Waals surface area contributed by atoms with E-state index in [1.54, 1.807) is 4.90 Å². The van der Waals surface area contributed by atoms with Crippen molar-refractivity contribution in [1.82, 2.24) is 9.80 Å². The van der Waals surface area contributed by atoms with Crippen molar-refractivity contribution in [2.45, 2.75) is 26.8 Å². The summed E-state index contributed by atoms with van der Waals surface area (Å²) in [5, 5.41) is 0. The van der Waals surface area contributed by atoms with Gasteiger partial charge in [-0.25, -0.2) is 0 Å². The van der Waals surface area contributed by atoms with Crippen LogP contribution in [-0.4, -0.2) is 73.6 Å². The Morgan fingerprint density at radius 2 is 1.92 bits per heavy atom. The number of carbonyl (C=O) groups excluding carboxylic acids is 2. The minimum atomic E-state index is -0.415. The van der Waals surface area contributed by atoms with Gasteiger partial charge in [-0.1, -0.05) is 19.9 Å². The van der Waals surface area contributed by atoms with Crippen LogP contribution in [0, 0.1) is 5.92 Å². The number of anilines is 1. The van der Waals surface area contributed by atoms with Crippen molar-refractivity contribution in [3.63, 3.8) is 0 Å². The van der Waals surface area contributed by atoms with E-state index in [1.165, 1.54) is 0 Å². The highest BCUT2D eigenvalue weighted by molar-refractivity contribution is 5.98. The monoisotopic (exact) mass is 359 g/mol. The number of benzene rings is 1. The summed E-state index contributed by atoms with van der Waals surface area (Å²) < 4.78 is 5.40. The fraction of sp³-hybridized carbons (Fsp3) is 0.600. The Labute approximate surface area is 155 Å². The van der Waals surface area contributed by atoms with Crippen LogP contribution in [0.15, 0.2) is 24.3 Å². The summed E-state index contributed by atoms with van der Waals surface area (Å²) in [5.74, 6) is 0.409. The smallest absolute Gasteiger partial charge is 0.254 e. The Kier molecular flexibility index (Phi) is 5.81. The molecule has 0 saturated carbocycles. The number of hydrogen-bond donors (Lipinski definition) is 0. The number of hydrogen-bond acceptors (Lipinski definition) is 4. The molecule has 1 aromatic carbocycles. The summed E-state index contributed by atoms with van der Waals surface area (Å²) in [7, 11) is 0. The van der Waals surface area contributed by atoms with Gasteiger partial charge in [0, 0.05) is 44.0 Å². The maximum absolute atomic E-state index is 13.0. The van der Waals surface area contributed by atoms with Crippen molar-refractivity contribution in [1.29, 1.82) is 0 Å². The van der Waals surface area contributed by atoms with Gasteiger partial charge < -0.3 is 19.4 Å². The molecular formula is C20H29N3O3. The van der Waals surface area contributed by atoms with Gasteiger partial charge in [0.25, 0.3) is 5.91 Å². The number of rotatable bonds is 4. The fourth-order valence-corrected chi connectivity index (χ4v) is 3.65. The van der Waals surface area contributed by atoms with Gasteiger partial charge in [-0.15, -0.1) is 0 Å². The van der Waals surface area contributed by atoms with Crippen LogP contribution < -0.4 is 4.90 Å². The van der Waals surface area contributed by atoms with Crippen molar-refractivity contribution in [2.24, 2.45) is 5.92 Å². The molecule has 2 aliphatic heterocycles. The Hall–Kier alpha value is -2.08. The second-order valence-electron chi connectivity index (χ2n) is 7.50. The molecule has 0 bridgehead atoms. The molecule has 6 heteroatoms. The largest absolute Gasteiger partial charge is 0.378 e. The van der Waals surface area contributed by atoms with E-state index >= 15 is 0 Å². The number of morpholine rings is 1. The molecule has 2 aliphatic rings. The first kappa shape index (κ1) is 18.7. The van der Waals surface area contributed by atoms with Gasteiger partial charge in [0.15, 0.2) is 0 Å². The minimum absolute atomic E-state index is 0.0441. The number of carbonyl (C=O) groups is 2. The molecule has 1 atom stereocenters. The van der Waals surface area contributed by atoms with E-state index in [-0.39, 0.29) is 11.8 Å². The highest BCUT2D eigenvalue weighted by atomic mass is 16.5. The average molecular weight is 359 g/mol. The number of ether oxygens (including phenoxy) is 1. The summed E-state index contributed by atoms with van der Waals surface area (Å²) in [6.45, 7) is 11.1. The minimum Gasteiger partial charge on any atom is -0.378 e. The Balaban J connectivity index is 1.72. The Bertz CT molecular complexity index is 655. The van der Waals surface area contributed by atoms with E-state index < -0.39 is 6.04 Å². The van der Waals surface area contributed by atoms with E-state index in [1.807, 2.05) is 36.1 Å². The lowest BCUT2D eigenvalue weighted by atomic mass is 10.1. The average Bonchev–Trinajstić information content (AvgIpc) is 2.66. The van der Waals surface area contributed by atoms with Gasteiger partial charge >= 0.3 is 0 Å². The number of piperazine rings is 1. The van der Waals surface area contributed by atoms with Crippen LogP contribution in [0.1, 0.15) is 31.1 Å². The predicted octanol–water partition coefficient (Wildman–Crippen LogP) is 1.85. The van der Waals surface area contributed by atoms with E-state index in [2.05, 4.69) is 18.7 Å². The second-order valence-corrected chi connectivity index (χ2v) is 7.50. The molecule has 0 radical (unpaired) electrons. The lowest BCUT2D eigenvalue weighted by Crippen LogP contribution is -2.58. The van der Waals surface area contributed by atoms with E-state index in [4.69, 9.17) is 4.74 Å². The molecule has 0 aromatic heterocycles. The lowest BCUT2D eigenvalue weighted by molar-refractivity contribution is -0.140. The van der Waals surface area contributed by atoms with Gasteiger partial charge in [-0.05, 0) is 31.0 Å². The highest BCUT2D eigenvalue weighted by Crippen LogP contribution is 2.21. The normalized spacial score (nSPS) is 21.5. The topological polar surface area (TPSA) is 53.1 Å². The van der Waals surface area contributed by atoms with Crippen LogP contribution in [0.5, 0.6) is 0 Å². The zero-order chi connectivity index (χ0) is 18.7. The van der Waals surface area contributed by atoms with Gasteiger partial charge in [0.2, 0.25) is 5.91 Å². The lowest BCUT2D eigenvalue weighted by Gasteiger charge is -2.40. The molecule has 2 heterocycles. The third-order valence-electron chi connectivity index (χ3n) is 5.06. The maximum Gasteiger partial charge on any atom is 0.254 e. The van der Waals surface area contributed by atoms with Crippen molar-refractivity contribution >= 4 is 17.5 Å². The van der Waals surface area contributed by atoms with Crippen LogP contribution >= 0.6 is 0 Å². The molecule has 26 heavy (non-hydrogen) atoms. The molecule has 3 rings (SSSR count). The quantitative estimate of drug-likeness (QED) is 0.823. The highest BCUT2D eigenvalue weighted by Gasteiger charge is 2.34. The first-order valence-corrected chi connectivity index (χ1v) is 9.50. The summed E-state index contributed by atoms with van der Waals surface area (Å²) in [4.78, 5) is 31.5. The summed E-state index contributed by atoms with van der Waals surface area (Å²) in [6.07, 6.45) is 0. The summed E-state index contributed by atoms with van der Waals surface area (Å²) in [6, 6.07) is 7.30. The zero-order valence-electron chi connectivity index (χ0n) is 16.0. The molecule has 0 N–H and O–H groups in total. The molecule has 2 saturated heterocycles. The summed E-state index contributed by atoms with van der Waals surface area (Å²) in [5.41, 5.74) is 1.68. The number of amides is 2. The zero-order valence-corrected chi connectivity index (χ0v) is 16.0. The molecule has 1 aromatic rings. The van der Waals surface area contributed by atoms with Crippen molar-refractivity contribution in [3.8, 4) is 0 Å². The van der Waals surface area contributed by atoms with Gasteiger partial charge in [0.1, 0.15) is 6.04 Å². The Morgan fingerprint density at radius 1 is 1.19 bits per heavy atom. The SMILES string of the molecule is CC(C)CN1CCN(C(=O)c2cccc(N3CCOCC3)c2)C(C)C1=O. The van der Waals surface area contributed by atoms with E-state index in [9.17, 15) is 9.59 Å². The van der Waals surface area contributed by atoms with Gasteiger partial charge in [-0.2, -0.15) is 0 Å². The Morgan fingerprint density at radius 3 is 2.62 bits per heavy atom. The standard InChI is InChI=1S/C20H29N3O3/c1-15(2)14-22-7-8-23(16(3)19(22)24)20(25)17-5-4-6-18(13-17)21-9-11-26-12-10-21/h4-6,13,15-16H,7-12,14H2,1-3H3. The molecule has 0 aliphatic carbocycles. The fourth-order valence-electron chi connectivity index (χ4n) is 3.65. The molecule has 1 unspecified atom stereocenters. The first-order valence-electron chi connectivity index (χ1n) is 9.50. The van der Waals surface area contributed by atoms with Crippen molar-refractivity contribution in [2.75, 3.05) is 50.8 Å². The molecule has 2 amide bonds. The summed E-state index contributed by atoms with van der Waals surface area (Å²) >= 11 is 0. The number of nitrogens with zero attached hydrogens (tertiary/aromatic N) is 3. The van der Waals surface area contributed by atoms with Crippen LogP contribution in [0.2, 0.25) is 0 Å². The van der Waals surface area contributed by atoms with Crippen LogP contribution in [0.25, 0.3) is 0 Å². The van der Waals surface area contributed by atoms with E-state index in [0.717, 1.165) is 25.3 Å². The van der Waals surface area contributed by atoms with E-state index in [0.29, 0.717) is 37.8 Å². The van der Waals surface area contributed by atoms with Gasteiger partial charge in [-0.3, -0.25) is 9.59 Å². The third-order valence-corrected chi connectivity index (χ3v) is 5.06. The predicted molar refractivity (Wildman–Crippen MR) is 101 cm³/mol. The van der Waals surface area contributed by atoms with Crippen LogP contribution in [0.3, 0.4) is 0 Å². The third kappa shape index (κ3) is 4.01. The van der Waals surface area contributed by atoms with Crippen molar-refractivity contribution in [3.05, 3.63) is 29.8 Å². The molecule has 0 spiro atoms. The van der Waals surface area contributed by atoms with Crippen molar-refractivity contribution < 1.29 is 14.3 Å². The van der Waals surface area contributed by atoms with Gasteiger partial charge in [0.05, 0.1) is 13.2 Å². The van der Waals surface area contributed by atoms with Crippen LogP contribution in [-0.2, 0) is 9.53 Å². The maximum atomic E-state index is 13.0. The molecule has 6 nitrogen and oxygen atoms in total. The second kappa shape index (κ2) is 8.08. The van der Waals surface area contributed by atoms with Crippen LogP contribution in [0.4, 0.5) is 5.69 Å². The molecule has 2 fully saturated rings.